The second kappa shape index (κ2) is 3.42. The van der Waals surface area contributed by atoms with E-state index in [-0.39, 0.29) is 11.7 Å². The summed E-state index contributed by atoms with van der Waals surface area (Å²) in [6.07, 6.45) is 0. The van der Waals surface area contributed by atoms with Crippen molar-refractivity contribution in [2.45, 2.75) is 0 Å². The van der Waals surface area contributed by atoms with Crippen molar-refractivity contribution in [2.75, 3.05) is 5.88 Å². The fraction of sp³-hybridized carbons (Fsp3) is 0.200. The number of aryl methyl sites for hydroxylation is 1. The lowest BCUT2D eigenvalue weighted by Crippen LogP contribution is -2.02. The van der Waals surface area contributed by atoms with E-state index in [1.54, 1.807) is 4.68 Å². The van der Waals surface area contributed by atoms with Gasteiger partial charge in [0.15, 0.2) is 5.78 Å². The number of nitrogens with zero attached hydrogens (tertiary/aromatic N) is 2. The highest BCUT2D eigenvalue weighted by atomic mass is 35.5. The molecule has 0 aliphatic carbocycles. The molecule has 0 amide bonds. The molecular formula is C10H9ClN2O. The van der Waals surface area contributed by atoms with Gasteiger partial charge in [-0.05, 0) is 6.07 Å². The molecule has 0 atom stereocenters. The lowest BCUT2D eigenvalue weighted by atomic mass is 10.2. The van der Waals surface area contributed by atoms with Crippen LogP contribution in [0.3, 0.4) is 0 Å². The van der Waals surface area contributed by atoms with Crippen LogP contribution in [0.15, 0.2) is 24.3 Å². The molecule has 1 aromatic carbocycles. The van der Waals surface area contributed by atoms with Gasteiger partial charge in [-0.2, -0.15) is 5.10 Å². The minimum atomic E-state index is -0.136. The van der Waals surface area contributed by atoms with Crippen molar-refractivity contribution in [3.8, 4) is 0 Å². The molecular weight excluding hydrogens is 200 g/mol. The van der Waals surface area contributed by atoms with E-state index in [0.717, 1.165) is 10.9 Å². The van der Waals surface area contributed by atoms with Crippen molar-refractivity contribution in [3.63, 3.8) is 0 Å². The molecule has 0 unspecified atom stereocenters. The van der Waals surface area contributed by atoms with Crippen molar-refractivity contribution in [1.82, 2.24) is 9.78 Å². The number of Topliss-reactive ketones (excluding diaryl/α,β-unsaturated/α-hetero) is 1. The molecule has 0 spiro atoms. The maximum atomic E-state index is 11.4. The summed E-state index contributed by atoms with van der Waals surface area (Å²) in [6, 6.07) is 7.60. The summed E-state index contributed by atoms with van der Waals surface area (Å²) >= 11 is 5.50. The highest BCUT2D eigenvalue weighted by Gasteiger charge is 2.13. The van der Waals surface area contributed by atoms with Crippen LogP contribution in [0.1, 0.15) is 10.5 Å². The van der Waals surface area contributed by atoms with Crippen LogP contribution in [-0.4, -0.2) is 21.4 Å². The Morgan fingerprint density at radius 1 is 1.50 bits per heavy atom. The highest BCUT2D eigenvalue weighted by molar-refractivity contribution is 6.31. The van der Waals surface area contributed by atoms with Crippen molar-refractivity contribution in [1.29, 1.82) is 0 Å². The van der Waals surface area contributed by atoms with Crippen molar-refractivity contribution < 1.29 is 4.79 Å². The molecule has 3 nitrogen and oxygen atoms in total. The van der Waals surface area contributed by atoms with E-state index < -0.39 is 0 Å². The van der Waals surface area contributed by atoms with Crippen LogP contribution in [0.2, 0.25) is 0 Å². The van der Waals surface area contributed by atoms with Crippen LogP contribution in [0.5, 0.6) is 0 Å². The number of hydrogen-bond acceptors (Lipinski definition) is 2. The van der Waals surface area contributed by atoms with Crippen LogP contribution >= 0.6 is 11.6 Å². The third-order valence-electron chi connectivity index (χ3n) is 2.14. The predicted molar refractivity (Wildman–Crippen MR) is 55.8 cm³/mol. The van der Waals surface area contributed by atoms with Gasteiger partial charge in [-0.15, -0.1) is 11.6 Å². The minimum absolute atomic E-state index is 0.0268. The SMILES string of the molecule is Cn1nc(C(=O)CCl)c2ccccc21. The molecule has 0 radical (unpaired) electrons. The van der Waals surface area contributed by atoms with E-state index in [2.05, 4.69) is 5.10 Å². The summed E-state index contributed by atoms with van der Waals surface area (Å²) in [5, 5.41) is 5.00. The number of fused-ring (bicyclic) bond motifs is 1. The van der Waals surface area contributed by atoms with Crippen molar-refractivity contribution in [3.05, 3.63) is 30.0 Å². The summed E-state index contributed by atoms with van der Waals surface area (Å²) in [6.45, 7) is 0. The zero-order valence-corrected chi connectivity index (χ0v) is 8.45. The Hall–Kier alpha value is -1.35. The first-order valence-corrected chi connectivity index (χ1v) is 4.78. The normalized spacial score (nSPS) is 10.7. The average Bonchev–Trinajstić information content (AvgIpc) is 2.56. The first-order valence-electron chi connectivity index (χ1n) is 4.25. The molecule has 0 aliphatic heterocycles. The van der Waals surface area contributed by atoms with Gasteiger partial charge in [0.1, 0.15) is 5.69 Å². The molecule has 0 aliphatic rings. The monoisotopic (exact) mass is 208 g/mol. The summed E-state index contributed by atoms with van der Waals surface area (Å²) in [5.74, 6) is -0.162. The minimum Gasteiger partial charge on any atom is -0.291 e. The largest absolute Gasteiger partial charge is 0.291 e. The number of rotatable bonds is 2. The zero-order valence-electron chi connectivity index (χ0n) is 7.70. The Labute approximate surface area is 86.3 Å². The molecule has 0 fully saturated rings. The van der Waals surface area contributed by atoms with E-state index in [0.29, 0.717) is 5.69 Å². The Bertz CT molecular complexity index is 490. The van der Waals surface area contributed by atoms with E-state index in [1.165, 1.54) is 0 Å². The van der Waals surface area contributed by atoms with Gasteiger partial charge in [0, 0.05) is 12.4 Å². The number of benzene rings is 1. The first kappa shape index (κ1) is 9.21. The average molecular weight is 209 g/mol. The number of alkyl halides is 1. The highest BCUT2D eigenvalue weighted by Crippen LogP contribution is 2.17. The topological polar surface area (TPSA) is 34.9 Å². The zero-order chi connectivity index (χ0) is 10.1. The first-order chi connectivity index (χ1) is 6.74. The Morgan fingerprint density at radius 3 is 2.93 bits per heavy atom. The summed E-state index contributed by atoms with van der Waals surface area (Å²) < 4.78 is 1.69. The van der Waals surface area contributed by atoms with Gasteiger partial charge in [-0.25, -0.2) is 0 Å². The molecule has 1 heterocycles. The predicted octanol–water partition coefficient (Wildman–Crippen LogP) is 1.99. The van der Waals surface area contributed by atoms with Crippen LogP contribution in [0.25, 0.3) is 10.9 Å². The summed E-state index contributed by atoms with van der Waals surface area (Å²) in [4.78, 5) is 11.4. The molecule has 2 aromatic rings. The Balaban J connectivity index is 2.72. The van der Waals surface area contributed by atoms with E-state index >= 15 is 0 Å². The van der Waals surface area contributed by atoms with Gasteiger partial charge >= 0.3 is 0 Å². The molecule has 0 bridgehead atoms. The van der Waals surface area contributed by atoms with Gasteiger partial charge in [0.25, 0.3) is 0 Å². The van der Waals surface area contributed by atoms with Crippen LogP contribution in [0.4, 0.5) is 0 Å². The number of halogens is 1. The van der Waals surface area contributed by atoms with Crippen LogP contribution < -0.4 is 0 Å². The summed E-state index contributed by atoms with van der Waals surface area (Å²) in [7, 11) is 1.81. The van der Waals surface area contributed by atoms with E-state index in [9.17, 15) is 4.79 Å². The Morgan fingerprint density at radius 2 is 2.21 bits per heavy atom. The van der Waals surface area contributed by atoms with Crippen molar-refractivity contribution >= 4 is 28.3 Å². The third kappa shape index (κ3) is 1.30. The molecule has 0 saturated heterocycles. The van der Waals surface area contributed by atoms with Gasteiger partial charge in [0.05, 0.1) is 11.4 Å². The second-order valence-electron chi connectivity index (χ2n) is 3.05. The van der Waals surface area contributed by atoms with Crippen molar-refractivity contribution in [2.24, 2.45) is 7.05 Å². The molecule has 0 saturated carbocycles. The number of aromatic nitrogens is 2. The van der Waals surface area contributed by atoms with Gasteiger partial charge in [0.2, 0.25) is 0 Å². The molecule has 14 heavy (non-hydrogen) atoms. The van der Waals surface area contributed by atoms with E-state index in [1.807, 2.05) is 31.3 Å². The fourth-order valence-corrected chi connectivity index (χ4v) is 1.61. The number of hydrogen-bond donors (Lipinski definition) is 0. The lowest BCUT2D eigenvalue weighted by molar-refractivity contribution is 0.101. The molecule has 0 N–H and O–H groups in total. The van der Waals surface area contributed by atoms with Gasteiger partial charge in [-0.1, -0.05) is 18.2 Å². The fourth-order valence-electron chi connectivity index (χ4n) is 1.48. The van der Waals surface area contributed by atoms with Gasteiger partial charge in [-0.3, -0.25) is 9.48 Å². The Kier molecular flexibility index (Phi) is 2.25. The maximum absolute atomic E-state index is 11.4. The third-order valence-corrected chi connectivity index (χ3v) is 2.39. The smallest absolute Gasteiger partial charge is 0.198 e. The molecule has 4 heteroatoms. The molecule has 1 aromatic heterocycles. The number of ketones is 1. The maximum Gasteiger partial charge on any atom is 0.198 e. The van der Waals surface area contributed by atoms with Crippen LogP contribution in [-0.2, 0) is 7.05 Å². The van der Waals surface area contributed by atoms with E-state index in [4.69, 9.17) is 11.6 Å². The number of carbonyl (C=O) groups is 1. The quantitative estimate of drug-likeness (QED) is 0.559. The summed E-state index contributed by atoms with van der Waals surface area (Å²) in [5.41, 5.74) is 1.40. The lowest BCUT2D eigenvalue weighted by Gasteiger charge is -1.91. The molecule has 72 valence electrons. The second-order valence-corrected chi connectivity index (χ2v) is 3.31. The number of carbonyl (C=O) groups excluding carboxylic acids is 1. The van der Waals surface area contributed by atoms with Gasteiger partial charge < -0.3 is 0 Å². The number of para-hydroxylation sites is 1. The van der Waals surface area contributed by atoms with Crippen LogP contribution in [0, 0.1) is 0 Å². The molecule has 2 rings (SSSR count). The standard InChI is InChI=1S/C10H9ClN2O/c1-13-8-5-3-2-4-7(8)10(12-13)9(14)6-11/h2-5H,6H2,1H3.